The zero-order valence-corrected chi connectivity index (χ0v) is 14.1. The van der Waals surface area contributed by atoms with E-state index in [0.29, 0.717) is 18.5 Å². The highest BCUT2D eigenvalue weighted by molar-refractivity contribution is 5.85. The molecule has 1 fully saturated rings. The van der Waals surface area contributed by atoms with Crippen molar-refractivity contribution in [3.8, 4) is 0 Å². The lowest BCUT2D eigenvalue weighted by molar-refractivity contribution is -0.137. The Hall–Kier alpha value is -0.0300. The Morgan fingerprint density at radius 2 is 2.05 bits per heavy atom. The quantitative estimate of drug-likeness (QED) is 0.858. The molecule has 1 heterocycles. The van der Waals surface area contributed by atoms with Crippen LogP contribution in [0, 0.1) is 11.8 Å². The van der Waals surface area contributed by atoms with E-state index in [1.165, 1.54) is 0 Å². The Balaban J connectivity index is 0. The Kier molecular flexibility index (Phi) is 11.0. The molecule has 3 atom stereocenters. The monoisotopic (exact) mass is 313 g/mol. The summed E-state index contributed by atoms with van der Waals surface area (Å²) in [6, 6.07) is 0.374. The molecular weight excluding hydrogens is 285 g/mol. The Bertz CT molecular complexity index is 266. The Morgan fingerprint density at radius 1 is 1.47 bits per heavy atom. The van der Waals surface area contributed by atoms with Gasteiger partial charge in [-0.2, -0.15) is 0 Å². The van der Waals surface area contributed by atoms with Gasteiger partial charge in [0.25, 0.3) is 0 Å². The molecule has 0 spiro atoms. The predicted octanol–water partition coefficient (Wildman–Crippen LogP) is 1.61. The van der Waals surface area contributed by atoms with E-state index in [1.54, 1.807) is 0 Å². The van der Waals surface area contributed by atoms with Gasteiger partial charge in [-0.3, -0.25) is 4.79 Å². The van der Waals surface area contributed by atoms with Crippen LogP contribution >= 0.6 is 24.8 Å². The lowest BCUT2D eigenvalue weighted by atomic mass is 9.92. The Morgan fingerprint density at radius 3 is 2.47 bits per heavy atom. The molecule has 116 valence electrons. The number of halogens is 2. The van der Waals surface area contributed by atoms with Gasteiger partial charge in [0.05, 0.1) is 0 Å². The molecule has 0 bridgehead atoms. The van der Waals surface area contributed by atoms with E-state index in [2.05, 4.69) is 18.7 Å². The fourth-order valence-electron chi connectivity index (χ4n) is 2.69. The summed E-state index contributed by atoms with van der Waals surface area (Å²) in [5.41, 5.74) is 5.56. The maximum Gasteiger partial charge on any atom is 0.226 e. The standard InChI is InChI=1S/C13H27N3O.2ClH/c1-5-16-7-6-12(11(3)9-16)15(4)13(17)10(2)8-14;;/h10-12H,5-9,14H2,1-4H3;2*1H. The predicted molar refractivity (Wildman–Crippen MR) is 85.2 cm³/mol. The van der Waals surface area contributed by atoms with Crippen molar-refractivity contribution in [1.82, 2.24) is 9.80 Å². The molecule has 0 saturated carbocycles. The SMILES string of the molecule is CCN1CCC(N(C)C(=O)C(C)CN)C(C)C1.Cl.Cl. The fourth-order valence-corrected chi connectivity index (χ4v) is 2.69. The van der Waals surface area contributed by atoms with E-state index < -0.39 is 0 Å². The third-order valence-corrected chi connectivity index (χ3v) is 4.01. The van der Waals surface area contributed by atoms with Crippen molar-refractivity contribution in [3.05, 3.63) is 0 Å². The number of hydrogen-bond acceptors (Lipinski definition) is 3. The summed E-state index contributed by atoms with van der Waals surface area (Å²) in [4.78, 5) is 16.5. The molecule has 0 aromatic carbocycles. The maximum absolute atomic E-state index is 12.1. The number of likely N-dealkylation sites (tertiary alicyclic amines) is 1. The summed E-state index contributed by atoms with van der Waals surface area (Å²) in [6.07, 6.45) is 1.08. The molecular formula is C13H29Cl2N3O. The zero-order valence-electron chi connectivity index (χ0n) is 12.5. The lowest BCUT2D eigenvalue weighted by Crippen LogP contribution is -2.52. The highest BCUT2D eigenvalue weighted by Gasteiger charge is 2.31. The van der Waals surface area contributed by atoms with Crippen LogP contribution in [-0.2, 0) is 4.79 Å². The first kappa shape index (κ1) is 21.3. The third kappa shape index (κ3) is 5.46. The number of rotatable bonds is 4. The molecule has 0 radical (unpaired) electrons. The van der Waals surface area contributed by atoms with Crippen molar-refractivity contribution >= 4 is 30.7 Å². The molecule has 1 saturated heterocycles. The average Bonchev–Trinajstić information content (AvgIpc) is 2.35. The second kappa shape index (κ2) is 9.81. The molecule has 2 N–H and O–H groups in total. The minimum Gasteiger partial charge on any atom is -0.342 e. The summed E-state index contributed by atoms with van der Waals surface area (Å²) in [5, 5.41) is 0. The van der Waals surface area contributed by atoms with Crippen molar-refractivity contribution in [2.75, 3.05) is 33.2 Å². The minimum atomic E-state index is -0.0589. The fraction of sp³-hybridized carbons (Fsp3) is 0.923. The molecule has 4 nitrogen and oxygen atoms in total. The van der Waals surface area contributed by atoms with Crippen molar-refractivity contribution < 1.29 is 4.79 Å². The number of hydrogen-bond donors (Lipinski definition) is 1. The van der Waals surface area contributed by atoms with E-state index in [-0.39, 0.29) is 36.6 Å². The van der Waals surface area contributed by atoms with Crippen LogP contribution in [0.1, 0.15) is 27.2 Å². The van der Waals surface area contributed by atoms with Gasteiger partial charge < -0.3 is 15.5 Å². The largest absolute Gasteiger partial charge is 0.342 e. The Labute approximate surface area is 129 Å². The van der Waals surface area contributed by atoms with Gasteiger partial charge in [-0.05, 0) is 18.9 Å². The van der Waals surface area contributed by atoms with Crippen LogP contribution in [0.3, 0.4) is 0 Å². The highest BCUT2D eigenvalue weighted by atomic mass is 35.5. The maximum atomic E-state index is 12.1. The molecule has 19 heavy (non-hydrogen) atoms. The van der Waals surface area contributed by atoms with Crippen molar-refractivity contribution in [2.45, 2.75) is 33.2 Å². The zero-order chi connectivity index (χ0) is 13.0. The van der Waals surface area contributed by atoms with Crippen LogP contribution in [0.4, 0.5) is 0 Å². The van der Waals surface area contributed by atoms with Crippen molar-refractivity contribution in [3.63, 3.8) is 0 Å². The summed E-state index contributed by atoms with van der Waals surface area (Å²) in [5.74, 6) is 0.674. The topological polar surface area (TPSA) is 49.6 Å². The van der Waals surface area contributed by atoms with Gasteiger partial charge in [-0.15, -0.1) is 24.8 Å². The normalized spacial score (nSPS) is 24.9. The first-order chi connectivity index (χ1) is 8.01. The van der Waals surface area contributed by atoms with Gasteiger partial charge in [0, 0.05) is 38.6 Å². The van der Waals surface area contributed by atoms with Gasteiger partial charge in [-0.1, -0.05) is 20.8 Å². The van der Waals surface area contributed by atoms with Gasteiger partial charge in [0.15, 0.2) is 0 Å². The molecule has 6 heteroatoms. The minimum absolute atomic E-state index is 0. The first-order valence-corrected chi connectivity index (χ1v) is 6.70. The van der Waals surface area contributed by atoms with E-state index in [4.69, 9.17) is 5.73 Å². The van der Waals surface area contributed by atoms with Gasteiger partial charge in [0.1, 0.15) is 0 Å². The number of carbonyl (C=O) groups excluding carboxylic acids is 1. The summed E-state index contributed by atoms with van der Waals surface area (Å²) in [7, 11) is 1.93. The smallest absolute Gasteiger partial charge is 0.226 e. The summed E-state index contributed by atoms with van der Waals surface area (Å²) in [6.45, 7) is 10.1. The molecule has 1 amide bonds. The molecule has 1 aliphatic rings. The first-order valence-electron chi connectivity index (χ1n) is 6.70. The molecule has 0 aliphatic carbocycles. The number of piperidine rings is 1. The van der Waals surface area contributed by atoms with Crippen LogP contribution in [0.2, 0.25) is 0 Å². The number of nitrogens with two attached hydrogens (primary N) is 1. The lowest BCUT2D eigenvalue weighted by Gasteiger charge is -2.41. The molecule has 1 aliphatic heterocycles. The van der Waals surface area contributed by atoms with Crippen LogP contribution in [0.5, 0.6) is 0 Å². The van der Waals surface area contributed by atoms with Crippen molar-refractivity contribution in [2.24, 2.45) is 17.6 Å². The highest BCUT2D eigenvalue weighted by Crippen LogP contribution is 2.22. The summed E-state index contributed by atoms with van der Waals surface area (Å²) < 4.78 is 0. The number of nitrogens with zero attached hydrogens (tertiary/aromatic N) is 2. The van der Waals surface area contributed by atoms with E-state index in [0.717, 1.165) is 26.1 Å². The molecule has 0 aromatic heterocycles. The van der Waals surface area contributed by atoms with Crippen LogP contribution in [0.25, 0.3) is 0 Å². The molecule has 3 unspecified atom stereocenters. The van der Waals surface area contributed by atoms with Crippen LogP contribution < -0.4 is 5.73 Å². The number of amides is 1. The van der Waals surface area contributed by atoms with E-state index in [9.17, 15) is 4.79 Å². The van der Waals surface area contributed by atoms with Crippen molar-refractivity contribution in [1.29, 1.82) is 0 Å². The third-order valence-electron chi connectivity index (χ3n) is 4.01. The van der Waals surface area contributed by atoms with Crippen LogP contribution in [-0.4, -0.2) is 55.0 Å². The van der Waals surface area contributed by atoms with E-state index >= 15 is 0 Å². The summed E-state index contributed by atoms with van der Waals surface area (Å²) >= 11 is 0. The molecule has 1 rings (SSSR count). The van der Waals surface area contributed by atoms with Gasteiger partial charge in [0.2, 0.25) is 5.91 Å². The average molecular weight is 314 g/mol. The molecule has 0 aromatic rings. The number of carbonyl (C=O) groups is 1. The van der Waals surface area contributed by atoms with Gasteiger partial charge in [-0.25, -0.2) is 0 Å². The second-order valence-electron chi connectivity index (χ2n) is 5.31. The van der Waals surface area contributed by atoms with Crippen LogP contribution in [0.15, 0.2) is 0 Å². The second-order valence-corrected chi connectivity index (χ2v) is 5.31. The van der Waals surface area contributed by atoms with Gasteiger partial charge >= 0.3 is 0 Å². The van der Waals surface area contributed by atoms with E-state index in [1.807, 2.05) is 18.9 Å².